The summed E-state index contributed by atoms with van der Waals surface area (Å²) >= 11 is 3.42. The van der Waals surface area contributed by atoms with Gasteiger partial charge in [-0.3, -0.25) is 4.68 Å². The Morgan fingerprint density at radius 2 is 2.21 bits per heavy atom. The second-order valence-electron chi connectivity index (χ2n) is 4.01. The van der Waals surface area contributed by atoms with Crippen LogP contribution in [0.2, 0.25) is 0 Å². The normalized spacial score (nSPS) is 15.9. The fraction of sp³-hybridized carbons (Fsp3) is 0.700. The second-order valence-corrected chi connectivity index (χ2v) is 4.86. The highest BCUT2D eigenvalue weighted by molar-refractivity contribution is 9.10. The van der Waals surface area contributed by atoms with E-state index in [2.05, 4.69) is 34.9 Å². The zero-order chi connectivity index (χ0) is 10.9. The van der Waals surface area contributed by atoms with Gasteiger partial charge >= 0.3 is 0 Å². The van der Waals surface area contributed by atoms with Gasteiger partial charge in [-0.1, -0.05) is 6.92 Å². The van der Waals surface area contributed by atoms with Crippen LogP contribution in [0.3, 0.4) is 0 Å². The molecule has 1 heterocycles. The SMILES string of the molecule is CCC(C)(O)c1c(Br)cnn1C(C)C. The topological polar surface area (TPSA) is 38.1 Å². The van der Waals surface area contributed by atoms with Crippen molar-refractivity contribution < 1.29 is 5.11 Å². The minimum atomic E-state index is -0.820. The van der Waals surface area contributed by atoms with Gasteiger partial charge in [-0.15, -0.1) is 0 Å². The van der Waals surface area contributed by atoms with E-state index in [1.807, 2.05) is 18.5 Å². The van der Waals surface area contributed by atoms with E-state index in [4.69, 9.17) is 0 Å². The lowest BCUT2D eigenvalue weighted by atomic mass is 9.99. The molecule has 0 bridgehead atoms. The average molecular weight is 261 g/mol. The lowest BCUT2D eigenvalue weighted by molar-refractivity contribution is 0.0414. The van der Waals surface area contributed by atoms with Crippen LogP contribution in [0.5, 0.6) is 0 Å². The molecule has 1 unspecified atom stereocenters. The van der Waals surface area contributed by atoms with Gasteiger partial charge in [-0.05, 0) is 43.1 Å². The molecule has 0 spiro atoms. The molecule has 14 heavy (non-hydrogen) atoms. The summed E-state index contributed by atoms with van der Waals surface area (Å²) in [6.45, 7) is 7.88. The maximum atomic E-state index is 10.2. The molecule has 0 saturated carbocycles. The van der Waals surface area contributed by atoms with Crippen molar-refractivity contribution in [2.24, 2.45) is 0 Å². The smallest absolute Gasteiger partial charge is 0.104 e. The van der Waals surface area contributed by atoms with Crippen LogP contribution >= 0.6 is 15.9 Å². The van der Waals surface area contributed by atoms with Gasteiger partial charge < -0.3 is 5.11 Å². The lowest BCUT2D eigenvalue weighted by Gasteiger charge is -2.24. The third-order valence-corrected chi connectivity index (χ3v) is 3.02. The highest BCUT2D eigenvalue weighted by atomic mass is 79.9. The summed E-state index contributed by atoms with van der Waals surface area (Å²) in [5.41, 5.74) is 0.0366. The molecule has 0 fully saturated rings. The van der Waals surface area contributed by atoms with Gasteiger partial charge in [0.15, 0.2) is 0 Å². The Hall–Kier alpha value is -0.350. The maximum absolute atomic E-state index is 10.2. The highest BCUT2D eigenvalue weighted by Gasteiger charge is 2.28. The van der Waals surface area contributed by atoms with E-state index in [-0.39, 0.29) is 6.04 Å². The Balaban J connectivity index is 3.24. The number of nitrogens with zero attached hydrogens (tertiary/aromatic N) is 2. The molecule has 0 aliphatic carbocycles. The van der Waals surface area contributed by atoms with Gasteiger partial charge in [0.2, 0.25) is 0 Å². The van der Waals surface area contributed by atoms with Gasteiger partial charge in [0.05, 0.1) is 16.4 Å². The number of halogens is 1. The first-order chi connectivity index (χ1) is 6.40. The molecule has 3 nitrogen and oxygen atoms in total. The fourth-order valence-corrected chi connectivity index (χ4v) is 2.10. The quantitative estimate of drug-likeness (QED) is 0.908. The third-order valence-electron chi connectivity index (χ3n) is 2.44. The minimum absolute atomic E-state index is 0.259. The van der Waals surface area contributed by atoms with E-state index in [0.29, 0.717) is 6.42 Å². The Morgan fingerprint density at radius 1 is 1.64 bits per heavy atom. The highest BCUT2D eigenvalue weighted by Crippen LogP contribution is 2.32. The Labute approximate surface area is 93.3 Å². The average Bonchev–Trinajstić information content (AvgIpc) is 2.47. The van der Waals surface area contributed by atoms with E-state index in [1.54, 1.807) is 6.20 Å². The van der Waals surface area contributed by atoms with Crippen molar-refractivity contribution in [2.75, 3.05) is 0 Å². The molecule has 80 valence electrons. The standard InChI is InChI=1S/C10H17BrN2O/c1-5-10(4,14)9-8(11)6-12-13(9)7(2)3/h6-7,14H,5H2,1-4H3. The first-order valence-corrected chi connectivity index (χ1v) is 5.65. The van der Waals surface area contributed by atoms with Gasteiger partial charge in [-0.2, -0.15) is 5.10 Å². The molecule has 0 aliphatic heterocycles. The summed E-state index contributed by atoms with van der Waals surface area (Å²) in [5, 5.41) is 14.4. The second kappa shape index (κ2) is 4.03. The van der Waals surface area contributed by atoms with Crippen LogP contribution in [0.1, 0.15) is 45.9 Å². The van der Waals surface area contributed by atoms with Crippen LogP contribution in [0, 0.1) is 0 Å². The number of rotatable bonds is 3. The van der Waals surface area contributed by atoms with Crippen LogP contribution in [0.25, 0.3) is 0 Å². The molecule has 1 N–H and O–H groups in total. The van der Waals surface area contributed by atoms with Gasteiger partial charge in [0.25, 0.3) is 0 Å². The maximum Gasteiger partial charge on any atom is 0.104 e. The van der Waals surface area contributed by atoms with Crippen molar-refractivity contribution in [2.45, 2.75) is 45.8 Å². The molecular weight excluding hydrogens is 244 g/mol. The Bertz CT molecular complexity index is 318. The minimum Gasteiger partial charge on any atom is -0.384 e. The zero-order valence-electron chi connectivity index (χ0n) is 9.08. The van der Waals surface area contributed by atoms with Gasteiger partial charge in [-0.25, -0.2) is 0 Å². The summed E-state index contributed by atoms with van der Waals surface area (Å²) in [5.74, 6) is 0. The van der Waals surface area contributed by atoms with Gasteiger partial charge in [0.1, 0.15) is 5.60 Å². The first-order valence-electron chi connectivity index (χ1n) is 4.86. The van der Waals surface area contributed by atoms with Crippen LogP contribution in [0.4, 0.5) is 0 Å². The molecule has 1 rings (SSSR count). The van der Waals surface area contributed by atoms with Crippen LogP contribution in [0.15, 0.2) is 10.7 Å². The van der Waals surface area contributed by atoms with Crippen molar-refractivity contribution in [3.63, 3.8) is 0 Å². The largest absolute Gasteiger partial charge is 0.384 e. The molecule has 0 aliphatic rings. The molecule has 1 aromatic rings. The van der Waals surface area contributed by atoms with E-state index in [1.165, 1.54) is 0 Å². The monoisotopic (exact) mass is 260 g/mol. The van der Waals surface area contributed by atoms with Gasteiger partial charge in [0, 0.05) is 6.04 Å². The Morgan fingerprint density at radius 3 is 2.64 bits per heavy atom. The molecule has 0 aromatic carbocycles. The zero-order valence-corrected chi connectivity index (χ0v) is 10.7. The van der Waals surface area contributed by atoms with Crippen LogP contribution in [-0.2, 0) is 5.60 Å². The van der Waals surface area contributed by atoms with Crippen molar-refractivity contribution in [1.82, 2.24) is 9.78 Å². The molecule has 0 saturated heterocycles. The predicted molar refractivity (Wildman–Crippen MR) is 60.2 cm³/mol. The number of aliphatic hydroxyl groups is 1. The molecular formula is C10H17BrN2O. The van der Waals surface area contributed by atoms with E-state index >= 15 is 0 Å². The molecule has 4 heteroatoms. The molecule has 1 atom stereocenters. The third kappa shape index (κ3) is 2.01. The first kappa shape index (κ1) is 11.7. The summed E-state index contributed by atoms with van der Waals surface area (Å²) in [7, 11) is 0. The van der Waals surface area contributed by atoms with Crippen molar-refractivity contribution in [3.8, 4) is 0 Å². The molecule has 0 amide bonds. The summed E-state index contributed by atoms with van der Waals surface area (Å²) < 4.78 is 2.73. The van der Waals surface area contributed by atoms with Crippen molar-refractivity contribution in [1.29, 1.82) is 0 Å². The summed E-state index contributed by atoms with van der Waals surface area (Å²) in [6, 6.07) is 0.259. The van der Waals surface area contributed by atoms with Crippen molar-refractivity contribution in [3.05, 3.63) is 16.4 Å². The number of aromatic nitrogens is 2. The fourth-order valence-electron chi connectivity index (χ4n) is 1.40. The summed E-state index contributed by atoms with van der Waals surface area (Å²) in [4.78, 5) is 0. The molecule has 0 radical (unpaired) electrons. The number of hydrogen-bond acceptors (Lipinski definition) is 2. The van der Waals surface area contributed by atoms with Crippen molar-refractivity contribution >= 4 is 15.9 Å². The van der Waals surface area contributed by atoms with Crippen LogP contribution < -0.4 is 0 Å². The number of hydrogen-bond donors (Lipinski definition) is 1. The predicted octanol–water partition coefficient (Wildman–Crippen LogP) is 2.84. The van der Waals surface area contributed by atoms with E-state index < -0.39 is 5.60 Å². The summed E-state index contributed by atoms with van der Waals surface area (Å²) in [6.07, 6.45) is 2.41. The van der Waals surface area contributed by atoms with E-state index in [9.17, 15) is 5.11 Å². The van der Waals surface area contributed by atoms with Crippen LogP contribution in [-0.4, -0.2) is 14.9 Å². The molecule has 1 aromatic heterocycles. The van der Waals surface area contributed by atoms with E-state index in [0.717, 1.165) is 10.2 Å². The lowest BCUT2D eigenvalue weighted by Crippen LogP contribution is -2.25. The Kier molecular flexibility index (Phi) is 3.37.